The fourth-order valence-corrected chi connectivity index (χ4v) is 5.59. The van der Waals surface area contributed by atoms with Crippen molar-refractivity contribution in [1.82, 2.24) is 19.6 Å². The van der Waals surface area contributed by atoms with Gasteiger partial charge in [0.05, 0.1) is 6.67 Å². The molecule has 4 nitrogen and oxygen atoms in total. The lowest BCUT2D eigenvalue weighted by Crippen LogP contribution is -2.74. The maximum Gasteiger partial charge on any atom is 0.0516 e. The van der Waals surface area contributed by atoms with E-state index in [9.17, 15) is 0 Å². The van der Waals surface area contributed by atoms with Crippen LogP contribution in [0.4, 0.5) is 0 Å². The molecule has 6 heterocycles. The summed E-state index contributed by atoms with van der Waals surface area (Å²) >= 11 is 0. The third-order valence-corrected chi connectivity index (χ3v) is 7.14. The fourth-order valence-electron chi connectivity index (χ4n) is 5.59. The first kappa shape index (κ1) is 17.3. The molecule has 6 fully saturated rings. The van der Waals surface area contributed by atoms with Crippen molar-refractivity contribution in [2.75, 3.05) is 32.8 Å². The first-order valence-corrected chi connectivity index (χ1v) is 10.1. The van der Waals surface area contributed by atoms with Gasteiger partial charge in [-0.1, -0.05) is 0 Å². The zero-order valence-corrected chi connectivity index (χ0v) is 16.8. The molecule has 4 unspecified atom stereocenters. The van der Waals surface area contributed by atoms with Crippen LogP contribution in [0, 0.1) is 0 Å². The molecule has 0 aromatic heterocycles. The van der Waals surface area contributed by atoms with E-state index in [1.165, 1.54) is 52.1 Å². The molecule has 6 aliphatic rings. The van der Waals surface area contributed by atoms with Crippen LogP contribution >= 0.6 is 0 Å². The minimum atomic E-state index is 0.329. The average Bonchev–Trinajstić information content (AvgIpc) is 2.51. The SMILES string of the molecule is CC(C)(C)N1CC2CC(C1)N2CN1CC2CCC1CN2C(C)(C)C. The Bertz CT molecular complexity index is 465. The Morgan fingerprint density at radius 1 is 0.708 bits per heavy atom. The van der Waals surface area contributed by atoms with E-state index >= 15 is 0 Å². The van der Waals surface area contributed by atoms with Crippen LogP contribution in [0.5, 0.6) is 0 Å². The Morgan fingerprint density at radius 3 is 1.83 bits per heavy atom. The first-order chi connectivity index (χ1) is 11.1. The molecule has 4 atom stereocenters. The maximum absolute atomic E-state index is 2.82. The van der Waals surface area contributed by atoms with Crippen LogP contribution in [0.25, 0.3) is 0 Å². The van der Waals surface area contributed by atoms with Crippen molar-refractivity contribution in [3.05, 3.63) is 0 Å². The van der Waals surface area contributed by atoms with Crippen LogP contribution in [-0.4, -0.2) is 87.7 Å². The minimum Gasteiger partial charge on any atom is -0.295 e. The summed E-state index contributed by atoms with van der Waals surface area (Å²) in [7, 11) is 0. The molecule has 0 radical (unpaired) electrons. The summed E-state index contributed by atoms with van der Waals surface area (Å²) in [5.41, 5.74) is 0.663. The molecule has 4 bridgehead atoms. The summed E-state index contributed by atoms with van der Waals surface area (Å²) in [6.45, 7) is 20.6. The van der Waals surface area contributed by atoms with Gasteiger partial charge in [0.2, 0.25) is 0 Å². The van der Waals surface area contributed by atoms with Gasteiger partial charge in [-0.2, -0.15) is 0 Å². The van der Waals surface area contributed by atoms with Gasteiger partial charge in [0.15, 0.2) is 0 Å². The van der Waals surface area contributed by atoms with Crippen LogP contribution in [0.1, 0.15) is 60.8 Å². The quantitative estimate of drug-likeness (QED) is 0.769. The molecule has 24 heavy (non-hydrogen) atoms. The summed E-state index contributed by atoms with van der Waals surface area (Å²) in [5, 5.41) is 0. The highest BCUT2D eigenvalue weighted by molar-refractivity contribution is 5.05. The van der Waals surface area contributed by atoms with Gasteiger partial charge in [-0.3, -0.25) is 19.6 Å². The average molecular weight is 335 g/mol. The Balaban J connectivity index is 1.36. The lowest BCUT2D eigenvalue weighted by molar-refractivity contribution is -0.146. The first-order valence-electron chi connectivity index (χ1n) is 10.1. The Morgan fingerprint density at radius 2 is 1.33 bits per heavy atom. The standard InChI is InChI=1S/C20H38N4/c1-19(2,3)22-11-17-9-18(12-22)23(17)14-21-10-16-8-7-15(21)13-24(16)20(4,5)6/h15-18H,7-14H2,1-6H3. The number of piperazine rings is 2. The summed E-state index contributed by atoms with van der Waals surface area (Å²) in [6, 6.07) is 3.18. The highest BCUT2D eigenvalue weighted by Gasteiger charge is 2.49. The van der Waals surface area contributed by atoms with Crippen molar-refractivity contribution in [3.63, 3.8) is 0 Å². The summed E-state index contributed by atoms with van der Waals surface area (Å²) in [4.78, 5) is 11.1. The number of rotatable bonds is 2. The Hall–Kier alpha value is -0.160. The van der Waals surface area contributed by atoms with Crippen LogP contribution in [0.2, 0.25) is 0 Å². The molecule has 6 saturated heterocycles. The van der Waals surface area contributed by atoms with Crippen molar-refractivity contribution in [1.29, 1.82) is 0 Å². The van der Waals surface area contributed by atoms with Crippen molar-refractivity contribution >= 4 is 0 Å². The maximum atomic E-state index is 2.82. The summed E-state index contributed by atoms with van der Waals surface area (Å²) in [5.74, 6) is 0. The van der Waals surface area contributed by atoms with Gasteiger partial charge in [0.1, 0.15) is 0 Å². The molecular weight excluding hydrogens is 296 g/mol. The van der Waals surface area contributed by atoms with Crippen LogP contribution in [-0.2, 0) is 0 Å². The molecule has 6 aliphatic heterocycles. The van der Waals surface area contributed by atoms with Gasteiger partial charge in [-0.15, -0.1) is 0 Å². The van der Waals surface area contributed by atoms with E-state index in [4.69, 9.17) is 0 Å². The molecule has 0 amide bonds. The van der Waals surface area contributed by atoms with E-state index in [2.05, 4.69) is 61.1 Å². The van der Waals surface area contributed by atoms with Crippen LogP contribution in [0.3, 0.4) is 0 Å². The van der Waals surface area contributed by atoms with Gasteiger partial charge in [0.25, 0.3) is 0 Å². The third kappa shape index (κ3) is 2.94. The van der Waals surface area contributed by atoms with Gasteiger partial charge >= 0.3 is 0 Å². The molecule has 0 spiro atoms. The number of hydrogen-bond donors (Lipinski definition) is 0. The molecule has 0 aliphatic carbocycles. The number of nitrogens with zero attached hydrogens (tertiary/aromatic N) is 4. The van der Waals surface area contributed by atoms with Crippen molar-refractivity contribution in [2.24, 2.45) is 0 Å². The second kappa shape index (κ2) is 5.67. The van der Waals surface area contributed by atoms with Crippen LogP contribution in [0.15, 0.2) is 0 Å². The molecule has 4 heteroatoms. The predicted molar refractivity (Wildman–Crippen MR) is 100 cm³/mol. The molecule has 0 saturated carbocycles. The largest absolute Gasteiger partial charge is 0.295 e. The number of fused-ring (bicyclic) bond motifs is 5. The normalized spacial score (nSPS) is 39.2. The zero-order chi connectivity index (χ0) is 17.3. The van der Waals surface area contributed by atoms with Crippen molar-refractivity contribution in [3.8, 4) is 0 Å². The van der Waals surface area contributed by atoms with Gasteiger partial charge in [-0.05, 0) is 60.8 Å². The number of piperidine rings is 3. The lowest BCUT2D eigenvalue weighted by atomic mass is 9.84. The van der Waals surface area contributed by atoms with E-state index in [-0.39, 0.29) is 0 Å². The van der Waals surface area contributed by atoms with E-state index < -0.39 is 0 Å². The van der Waals surface area contributed by atoms with E-state index in [1.807, 2.05) is 0 Å². The minimum absolute atomic E-state index is 0.329. The van der Waals surface area contributed by atoms with Crippen LogP contribution < -0.4 is 0 Å². The monoisotopic (exact) mass is 334 g/mol. The fraction of sp³-hybridized carbons (Fsp3) is 1.00. The van der Waals surface area contributed by atoms with E-state index in [1.54, 1.807) is 0 Å². The van der Waals surface area contributed by atoms with E-state index in [0.717, 1.165) is 24.2 Å². The smallest absolute Gasteiger partial charge is 0.0516 e. The zero-order valence-electron chi connectivity index (χ0n) is 16.8. The molecule has 6 rings (SSSR count). The molecule has 0 aromatic rings. The van der Waals surface area contributed by atoms with E-state index in [0.29, 0.717) is 11.1 Å². The van der Waals surface area contributed by atoms with Gasteiger partial charge < -0.3 is 0 Å². The van der Waals surface area contributed by atoms with Crippen molar-refractivity contribution < 1.29 is 0 Å². The van der Waals surface area contributed by atoms with Gasteiger partial charge in [-0.25, -0.2) is 0 Å². The molecular formula is C20H38N4. The predicted octanol–water partition coefficient (Wildman–Crippen LogP) is 2.45. The lowest BCUT2D eigenvalue weighted by Gasteiger charge is -2.62. The summed E-state index contributed by atoms with van der Waals surface area (Å²) in [6.07, 6.45) is 4.25. The topological polar surface area (TPSA) is 13.0 Å². The summed E-state index contributed by atoms with van der Waals surface area (Å²) < 4.78 is 0. The number of hydrogen-bond acceptors (Lipinski definition) is 4. The molecule has 0 aromatic carbocycles. The Kier molecular flexibility index (Phi) is 4.08. The molecule has 138 valence electrons. The second-order valence-electron chi connectivity index (χ2n) is 10.8. The molecule has 0 N–H and O–H groups in total. The highest BCUT2D eigenvalue weighted by atomic mass is 15.5. The van der Waals surface area contributed by atoms with Gasteiger partial charge in [0, 0.05) is 61.4 Å². The second-order valence-corrected chi connectivity index (χ2v) is 10.8. The third-order valence-electron chi connectivity index (χ3n) is 7.14. The highest BCUT2D eigenvalue weighted by Crippen LogP contribution is 2.38. The Labute approximate surface area is 149 Å². The van der Waals surface area contributed by atoms with Crippen molar-refractivity contribution in [2.45, 2.75) is 96.1 Å².